The van der Waals surface area contributed by atoms with Crippen LogP contribution in [0.2, 0.25) is 0 Å². The summed E-state index contributed by atoms with van der Waals surface area (Å²) in [5, 5.41) is 15.5. The molecule has 3 atom stereocenters. The monoisotopic (exact) mass is 377 g/mol. The molecule has 0 radical (unpaired) electrons. The van der Waals surface area contributed by atoms with Gasteiger partial charge in [-0.05, 0) is 39.5 Å². The van der Waals surface area contributed by atoms with Gasteiger partial charge in [0.15, 0.2) is 11.8 Å². The van der Waals surface area contributed by atoms with Gasteiger partial charge in [0.05, 0.1) is 6.10 Å². The van der Waals surface area contributed by atoms with Gasteiger partial charge in [0.2, 0.25) is 0 Å². The number of aromatic nitrogens is 3. The predicted molar refractivity (Wildman–Crippen MR) is 107 cm³/mol. The molecule has 0 aromatic carbocycles. The number of aryl methyl sites for hydroxylation is 1. The van der Waals surface area contributed by atoms with Crippen LogP contribution in [0.1, 0.15) is 45.3 Å². The molecule has 0 aliphatic carbocycles. The van der Waals surface area contributed by atoms with Gasteiger partial charge in [-0.1, -0.05) is 6.92 Å². The van der Waals surface area contributed by atoms with Crippen molar-refractivity contribution in [2.24, 2.45) is 18.0 Å². The fourth-order valence-corrected chi connectivity index (χ4v) is 3.70. The van der Waals surface area contributed by atoms with Crippen LogP contribution in [-0.4, -0.2) is 70.1 Å². The summed E-state index contributed by atoms with van der Waals surface area (Å²) >= 11 is 0. The minimum absolute atomic E-state index is 0.280. The van der Waals surface area contributed by atoms with Gasteiger partial charge >= 0.3 is 0 Å². The number of nitrogens with zero attached hydrogens (tertiary/aromatic N) is 5. The van der Waals surface area contributed by atoms with Crippen LogP contribution in [0.5, 0.6) is 0 Å². The molecular formula is C19H35N7O. The van der Waals surface area contributed by atoms with Gasteiger partial charge in [-0.25, -0.2) is 4.99 Å². The topological polar surface area (TPSA) is 79.6 Å². The fraction of sp³-hybridized carbons (Fsp3) is 0.842. The first-order valence-corrected chi connectivity index (χ1v) is 10.2. The lowest BCUT2D eigenvalue weighted by atomic mass is 10.1. The minimum Gasteiger partial charge on any atom is -0.376 e. The maximum atomic E-state index is 5.75. The molecular weight excluding hydrogens is 342 g/mol. The molecule has 27 heavy (non-hydrogen) atoms. The summed E-state index contributed by atoms with van der Waals surface area (Å²) in [6.45, 7) is 13.1. The quantitative estimate of drug-likeness (QED) is 0.570. The zero-order valence-electron chi connectivity index (χ0n) is 17.4. The fourth-order valence-electron chi connectivity index (χ4n) is 3.70. The predicted octanol–water partition coefficient (Wildman–Crippen LogP) is 1.07. The summed E-state index contributed by atoms with van der Waals surface area (Å²) in [6.07, 6.45) is 2.54. The number of rotatable bonds is 6. The molecule has 0 bridgehead atoms. The van der Waals surface area contributed by atoms with E-state index in [-0.39, 0.29) is 6.10 Å². The molecule has 2 aliphatic rings. The summed E-state index contributed by atoms with van der Waals surface area (Å²) in [6, 6.07) is 0.963. The van der Waals surface area contributed by atoms with Crippen LogP contribution in [0.25, 0.3) is 0 Å². The Morgan fingerprint density at radius 3 is 2.74 bits per heavy atom. The molecule has 2 fully saturated rings. The first-order valence-electron chi connectivity index (χ1n) is 10.2. The lowest BCUT2D eigenvalue weighted by Crippen LogP contribution is -2.48. The average Bonchev–Trinajstić information content (AvgIpc) is 3.34. The van der Waals surface area contributed by atoms with Crippen molar-refractivity contribution in [2.45, 2.75) is 65.3 Å². The average molecular weight is 378 g/mol. The number of nitrogens with one attached hydrogen (secondary N) is 2. The lowest BCUT2D eigenvalue weighted by molar-refractivity contribution is 0.113. The van der Waals surface area contributed by atoms with Gasteiger partial charge in [0.1, 0.15) is 12.4 Å². The number of ether oxygens (including phenoxy) is 1. The van der Waals surface area contributed by atoms with Crippen LogP contribution in [0.3, 0.4) is 0 Å². The van der Waals surface area contributed by atoms with E-state index in [4.69, 9.17) is 9.73 Å². The van der Waals surface area contributed by atoms with E-state index in [1.165, 1.54) is 0 Å². The minimum atomic E-state index is 0.280. The van der Waals surface area contributed by atoms with Crippen molar-refractivity contribution in [1.29, 1.82) is 0 Å². The first-order chi connectivity index (χ1) is 12.9. The van der Waals surface area contributed by atoms with Crippen LogP contribution in [-0.2, 0) is 18.3 Å². The molecule has 0 spiro atoms. The molecule has 3 rings (SSSR count). The maximum absolute atomic E-state index is 5.75. The number of likely N-dealkylation sites (tertiary alicyclic amines) is 1. The van der Waals surface area contributed by atoms with Gasteiger partial charge in [-0.15, -0.1) is 10.2 Å². The van der Waals surface area contributed by atoms with Crippen molar-refractivity contribution in [3.8, 4) is 0 Å². The third kappa shape index (κ3) is 5.19. The first kappa shape index (κ1) is 20.1. The molecule has 0 amide bonds. The van der Waals surface area contributed by atoms with E-state index < -0.39 is 0 Å². The zero-order chi connectivity index (χ0) is 19.4. The highest BCUT2D eigenvalue weighted by Gasteiger charge is 2.31. The second-order valence-electron chi connectivity index (χ2n) is 8.18. The molecule has 2 aliphatic heterocycles. The highest BCUT2D eigenvalue weighted by Crippen LogP contribution is 2.18. The Morgan fingerprint density at radius 1 is 1.33 bits per heavy atom. The number of hydrogen-bond donors (Lipinski definition) is 2. The third-order valence-electron chi connectivity index (χ3n) is 5.78. The summed E-state index contributed by atoms with van der Waals surface area (Å²) in [5.41, 5.74) is 0. The molecule has 2 saturated heterocycles. The molecule has 3 unspecified atom stereocenters. The molecule has 1 aromatic rings. The second-order valence-corrected chi connectivity index (χ2v) is 8.18. The smallest absolute Gasteiger partial charge is 0.192 e. The zero-order valence-corrected chi connectivity index (χ0v) is 17.4. The Morgan fingerprint density at radius 2 is 2.15 bits per heavy atom. The van der Waals surface area contributed by atoms with Crippen molar-refractivity contribution in [3.05, 3.63) is 11.6 Å². The van der Waals surface area contributed by atoms with Crippen molar-refractivity contribution in [1.82, 2.24) is 30.3 Å². The van der Waals surface area contributed by atoms with E-state index in [9.17, 15) is 0 Å². The Hall–Kier alpha value is -1.67. The van der Waals surface area contributed by atoms with Crippen LogP contribution < -0.4 is 10.6 Å². The molecule has 1 aromatic heterocycles. The van der Waals surface area contributed by atoms with Gasteiger partial charge in [0.25, 0.3) is 0 Å². The summed E-state index contributed by atoms with van der Waals surface area (Å²) in [5.74, 6) is 3.20. The Kier molecular flexibility index (Phi) is 6.70. The molecule has 8 heteroatoms. The SMILES string of the molecule is Cc1nnc(CN=C(NCC2CCCO2)NC2CN(C(C)C)CC2C)n1C. The van der Waals surface area contributed by atoms with E-state index in [0.29, 0.717) is 24.5 Å². The molecule has 2 N–H and O–H groups in total. The lowest BCUT2D eigenvalue weighted by Gasteiger charge is -2.23. The van der Waals surface area contributed by atoms with Crippen molar-refractivity contribution < 1.29 is 4.74 Å². The van der Waals surface area contributed by atoms with Gasteiger partial charge in [0, 0.05) is 45.4 Å². The van der Waals surface area contributed by atoms with E-state index in [0.717, 1.165) is 56.7 Å². The third-order valence-corrected chi connectivity index (χ3v) is 5.78. The number of hydrogen-bond acceptors (Lipinski definition) is 5. The van der Waals surface area contributed by atoms with Crippen LogP contribution in [0.15, 0.2) is 4.99 Å². The van der Waals surface area contributed by atoms with Crippen LogP contribution >= 0.6 is 0 Å². The summed E-state index contributed by atoms with van der Waals surface area (Å²) in [7, 11) is 1.98. The van der Waals surface area contributed by atoms with E-state index >= 15 is 0 Å². The Balaban J connectivity index is 1.65. The van der Waals surface area contributed by atoms with E-state index in [1.54, 1.807) is 0 Å². The molecule has 8 nitrogen and oxygen atoms in total. The Bertz CT molecular complexity index is 636. The standard InChI is InChI=1S/C19H35N7O/c1-13(2)26-11-14(3)17(12-26)22-19(20-9-16-7-6-8-27-16)21-10-18-24-23-15(4)25(18)5/h13-14,16-17H,6-12H2,1-5H3,(H2,20,21,22). The number of guanidine groups is 1. The van der Waals surface area contributed by atoms with E-state index in [2.05, 4.69) is 46.5 Å². The summed E-state index contributed by atoms with van der Waals surface area (Å²) < 4.78 is 7.73. The molecule has 0 saturated carbocycles. The highest BCUT2D eigenvalue weighted by molar-refractivity contribution is 5.80. The normalized spacial score (nSPS) is 26.9. The van der Waals surface area contributed by atoms with Gasteiger partial charge in [-0.2, -0.15) is 0 Å². The van der Waals surface area contributed by atoms with Crippen molar-refractivity contribution >= 4 is 5.96 Å². The van der Waals surface area contributed by atoms with Crippen LogP contribution in [0, 0.1) is 12.8 Å². The number of aliphatic imine (C=N–C) groups is 1. The van der Waals surface area contributed by atoms with Crippen LogP contribution in [0.4, 0.5) is 0 Å². The highest BCUT2D eigenvalue weighted by atomic mass is 16.5. The van der Waals surface area contributed by atoms with Crippen molar-refractivity contribution in [2.75, 3.05) is 26.2 Å². The van der Waals surface area contributed by atoms with Gasteiger partial charge in [-0.3, -0.25) is 4.90 Å². The Labute approximate surface area is 162 Å². The summed E-state index contributed by atoms with van der Waals surface area (Å²) in [4.78, 5) is 7.31. The van der Waals surface area contributed by atoms with Gasteiger partial charge < -0.3 is 19.9 Å². The second kappa shape index (κ2) is 9.01. The molecule has 3 heterocycles. The van der Waals surface area contributed by atoms with Crippen molar-refractivity contribution in [3.63, 3.8) is 0 Å². The van der Waals surface area contributed by atoms with E-state index in [1.807, 2.05) is 18.5 Å². The maximum Gasteiger partial charge on any atom is 0.192 e. The largest absolute Gasteiger partial charge is 0.376 e. The molecule has 152 valence electrons.